The van der Waals surface area contributed by atoms with Crippen molar-refractivity contribution < 1.29 is 4.79 Å². The SMILES string of the molecule is Cc1ccnc(NCCNC(=O)CCc2n[nH]c(C)c2C)c1. The Morgan fingerprint density at radius 3 is 2.77 bits per heavy atom. The van der Waals surface area contributed by atoms with Gasteiger partial charge in [-0.3, -0.25) is 9.89 Å². The number of carbonyl (C=O) groups excluding carboxylic acids is 1. The van der Waals surface area contributed by atoms with Gasteiger partial charge in [0, 0.05) is 37.8 Å². The van der Waals surface area contributed by atoms with E-state index >= 15 is 0 Å². The Morgan fingerprint density at radius 2 is 2.09 bits per heavy atom. The topological polar surface area (TPSA) is 82.7 Å². The van der Waals surface area contributed by atoms with Crippen molar-refractivity contribution in [3.8, 4) is 0 Å². The Labute approximate surface area is 130 Å². The zero-order valence-electron chi connectivity index (χ0n) is 13.4. The van der Waals surface area contributed by atoms with Gasteiger partial charge >= 0.3 is 0 Å². The molecule has 0 atom stereocenters. The van der Waals surface area contributed by atoms with Gasteiger partial charge in [-0.1, -0.05) is 0 Å². The molecule has 3 N–H and O–H groups in total. The average molecular weight is 301 g/mol. The molecule has 2 rings (SSSR count). The lowest BCUT2D eigenvalue weighted by Crippen LogP contribution is -2.29. The number of amides is 1. The number of hydrogen-bond donors (Lipinski definition) is 3. The number of anilines is 1. The average Bonchev–Trinajstić information content (AvgIpc) is 2.81. The number of aryl methyl sites for hydroxylation is 3. The summed E-state index contributed by atoms with van der Waals surface area (Å²) in [4.78, 5) is 16.0. The van der Waals surface area contributed by atoms with Crippen molar-refractivity contribution in [1.29, 1.82) is 0 Å². The Hall–Kier alpha value is -2.37. The lowest BCUT2D eigenvalue weighted by Gasteiger charge is -2.07. The van der Waals surface area contributed by atoms with Gasteiger partial charge in [-0.05, 0) is 44.0 Å². The van der Waals surface area contributed by atoms with Crippen LogP contribution in [0.2, 0.25) is 0 Å². The fraction of sp³-hybridized carbons (Fsp3) is 0.438. The smallest absolute Gasteiger partial charge is 0.220 e. The van der Waals surface area contributed by atoms with Gasteiger partial charge in [-0.25, -0.2) is 4.98 Å². The third-order valence-corrected chi connectivity index (χ3v) is 3.61. The maximum atomic E-state index is 11.8. The number of hydrogen-bond acceptors (Lipinski definition) is 4. The first-order valence-electron chi connectivity index (χ1n) is 7.50. The third kappa shape index (κ3) is 4.58. The van der Waals surface area contributed by atoms with Crippen LogP contribution in [0.15, 0.2) is 18.3 Å². The van der Waals surface area contributed by atoms with Crippen molar-refractivity contribution in [2.45, 2.75) is 33.6 Å². The van der Waals surface area contributed by atoms with Crippen LogP contribution in [0.1, 0.15) is 28.9 Å². The molecule has 1 amide bonds. The molecule has 22 heavy (non-hydrogen) atoms. The zero-order valence-corrected chi connectivity index (χ0v) is 13.4. The number of pyridine rings is 1. The second-order valence-electron chi connectivity index (χ2n) is 5.42. The molecule has 0 radical (unpaired) electrons. The molecule has 118 valence electrons. The van der Waals surface area contributed by atoms with E-state index in [0.717, 1.165) is 28.3 Å². The summed E-state index contributed by atoms with van der Waals surface area (Å²) in [5, 5.41) is 13.2. The first kappa shape index (κ1) is 16.0. The molecule has 0 fully saturated rings. The Bertz CT molecular complexity index is 635. The first-order valence-corrected chi connectivity index (χ1v) is 7.50. The van der Waals surface area contributed by atoms with E-state index < -0.39 is 0 Å². The summed E-state index contributed by atoms with van der Waals surface area (Å²) in [5.41, 5.74) is 4.33. The van der Waals surface area contributed by atoms with Crippen LogP contribution in [-0.2, 0) is 11.2 Å². The minimum absolute atomic E-state index is 0.0408. The van der Waals surface area contributed by atoms with Crippen LogP contribution in [-0.4, -0.2) is 34.2 Å². The minimum atomic E-state index is 0.0408. The molecule has 2 aromatic heterocycles. The van der Waals surface area contributed by atoms with E-state index in [1.54, 1.807) is 6.20 Å². The molecule has 0 aliphatic rings. The fourth-order valence-corrected chi connectivity index (χ4v) is 2.12. The molecule has 0 aromatic carbocycles. The molecule has 0 aliphatic carbocycles. The van der Waals surface area contributed by atoms with E-state index in [1.807, 2.05) is 32.9 Å². The molecule has 0 saturated carbocycles. The molecule has 0 unspecified atom stereocenters. The molecule has 6 nitrogen and oxygen atoms in total. The van der Waals surface area contributed by atoms with Gasteiger partial charge in [-0.15, -0.1) is 0 Å². The molecule has 2 heterocycles. The van der Waals surface area contributed by atoms with Crippen LogP contribution in [0, 0.1) is 20.8 Å². The number of rotatable bonds is 7. The van der Waals surface area contributed by atoms with E-state index in [1.165, 1.54) is 0 Å². The molecule has 0 saturated heterocycles. The number of H-pyrrole nitrogens is 1. The predicted molar refractivity (Wildman–Crippen MR) is 86.9 cm³/mol. The molecular formula is C16H23N5O. The molecular weight excluding hydrogens is 278 g/mol. The maximum Gasteiger partial charge on any atom is 0.220 e. The fourth-order valence-electron chi connectivity index (χ4n) is 2.12. The van der Waals surface area contributed by atoms with E-state index in [4.69, 9.17) is 0 Å². The van der Waals surface area contributed by atoms with E-state index in [2.05, 4.69) is 25.8 Å². The van der Waals surface area contributed by atoms with E-state index in [-0.39, 0.29) is 5.91 Å². The lowest BCUT2D eigenvalue weighted by molar-refractivity contribution is -0.120. The summed E-state index contributed by atoms with van der Waals surface area (Å²) in [6.45, 7) is 7.25. The molecule has 2 aromatic rings. The number of nitrogens with zero attached hydrogens (tertiary/aromatic N) is 2. The van der Waals surface area contributed by atoms with Crippen LogP contribution in [0.5, 0.6) is 0 Å². The maximum absolute atomic E-state index is 11.8. The van der Waals surface area contributed by atoms with Crippen LogP contribution < -0.4 is 10.6 Å². The normalized spacial score (nSPS) is 10.5. The monoisotopic (exact) mass is 301 g/mol. The second kappa shape index (κ2) is 7.59. The highest BCUT2D eigenvalue weighted by molar-refractivity contribution is 5.76. The summed E-state index contributed by atoms with van der Waals surface area (Å²) in [6.07, 6.45) is 2.88. The van der Waals surface area contributed by atoms with Crippen LogP contribution in [0.4, 0.5) is 5.82 Å². The highest BCUT2D eigenvalue weighted by atomic mass is 16.1. The third-order valence-electron chi connectivity index (χ3n) is 3.61. The standard InChI is InChI=1S/C16H23N5O/c1-11-6-7-17-15(10-11)18-8-9-19-16(22)5-4-14-12(2)13(3)20-21-14/h6-7,10H,4-5,8-9H2,1-3H3,(H,17,18)(H,19,22)(H,20,21). The van der Waals surface area contributed by atoms with E-state index in [9.17, 15) is 4.79 Å². The van der Waals surface area contributed by atoms with Gasteiger partial charge in [0.25, 0.3) is 0 Å². The molecule has 0 spiro atoms. The van der Waals surface area contributed by atoms with Gasteiger partial charge < -0.3 is 10.6 Å². The molecule has 0 aliphatic heterocycles. The van der Waals surface area contributed by atoms with E-state index in [0.29, 0.717) is 25.9 Å². The Kier molecular flexibility index (Phi) is 5.52. The Balaban J connectivity index is 1.65. The number of aromatic amines is 1. The summed E-state index contributed by atoms with van der Waals surface area (Å²) >= 11 is 0. The summed E-state index contributed by atoms with van der Waals surface area (Å²) < 4.78 is 0. The predicted octanol–water partition coefficient (Wildman–Crippen LogP) is 1.89. The summed E-state index contributed by atoms with van der Waals surface area (Å²) in [7, 11) is 0. The second-order valence-corrected chi connectivity index (χ2v) is 5.42. The van der Waals surface area contributed by atoms with Gasteiger partial charge in [0.1, 0.15) is 5.82 Å². The van der Waals surface area contributed by atoms with Crippen molar-refractivity contribution >= 4 is 11.7 Å². The number of carbonyl (C=O) groups is 1. The quantitative estimate of drug-likeness (QED) is 0.682. The lowest BCUT2D eigenvalue weighted by atomic mass is 10.1. The van der Waals surface area contributed by atoms with Crippen molar-refractivity contribution in [2.75, 3.05) is 18.4 Å². The van der Waals surface area contributed by atoms with Crippen molar-refractivity contribution in [1.82, 2.24) is 20.5 Å². The van der Waals surface area contributed by atoms with Gasteiger partial charge in [-0.2, -0.15) is 5.10 Å². The van der Waals surface area contributed by atoms with Gasteiger partial charge in [0.15, 0.2) is 0 Å². The zero-order chi connectivity index (χ0) is 15.9. The van der Waals surface area contributed by atoms with Gasteiger partial charge in [0.2, 0.25) is 5.91 Å². The van der Waals surface area contributed by atoms with Crippen LogP contribution >= 0.6 is 0 Å². The minimum Gasteiger partial charge on any atom is -0.368 e. The van der Waals surface area contributed by atoms with Gasteiger partial charge in [0.05, 0.1) is 5.69 Å². The largest absolute Gasteiger partial charge is 0.368 e. The Morgan fingerprint density at radius 1 is 1.27 bits per heavy atom. The van der Waals surface area contributed by atoms with Crippen molar-refractivity contribution in [2.24, 2.45) is 0 Å². The first-order chi connectivity index (χ1) is 10.6. The summed E-state index contributed by atoms with van der Waals surface area (Å²) in [6, 6.07) is 3.93. The molecule has 6 heteroatoms. The number of nitrogens with one attached hydrogen (secondary N) is 3. The number of aromatic nitrogens is 3. The molecule has 0 bridgehead atoms. The van der Waals surface area contributed by atoms with Crippen LogP contribution in [0.25, 0.3) is 0 Å². The van der Waals surface area contributed by atoms with Crippen LogP contribution in [0.3, 0.4) is 0 Å². The van der Waals surface area contributed by atoms with Crippen molar-refractivity contribution in [3.05, 3.63) is 40.8 Å². The highest BCUT2D eigenvalue weighted by Gasteiger charge is 2.08. The van der Waals surface area contributed by atoms with Crippen molar-refractivity contribution in [3.63, 3.8) is 0 Å². The summed E-state index contributed by atoms with van der Waals surface area (Å²) in [5.74, 6) is 0.871. The highest BCUT2D eigenvalue weighted by Crippen LogP contribution is 2.10.